The van der Waals surface area contributed by atoms with Gasteiger partial charge in [-0.15, -0.1) is 0 Å². The lowest BCUT2D eigenvalue weighted by Gasteiger charge is -2.30. The van der Waals surface area contributed by atoms with E-state index in [4.69, 9.17) is 0 Å². The van der Waals surface area contributed by atoms with Gasteiger partial charge < -0.3 is 5.11 Å². The molecule has 0 aliphatic carbocycles. The van der Waals surface area contributed by atoms with E-state index in [0.29, 0.717) is 6.04 Å². The average molecular weight is 251 g/mol. The van der Waals surface area contributed by atoms with Crippen LogP contribution in [0.4, 0.5) is 0 Å². The van der Waals surface area contributed by atoms with Crippen molar-refractivity contribution in [1.29, 1.82) is 0 Å². The highest BCUT2D eigenvalue weighted by Crippen LogP contribution is 2.36. The molecule has 1 aliphatic rings. The van der Waals surface area contributed by atoms with Gasteiger partial charge in [0.1, 0.15) is 0 Å². The SMILES string of the molecule is Cc1nn(C)c(C)c1[C@@H]1CCCN1CC(C)(C)O. The van der Waals surface area contributed by atoms with Crippen LogP contribution in [0.5, 0.6) is 0 Å². The van der Waals surface area contributed by atoms with Crippen LogP contribution in [0, 0.1) is 13.8 Å². The summed E-state index contributed by atoms with van der Waals surface area (Å²) in [6.07, 6.45) is 2.37. The van der Waals surface area contributed by atoms with Crippen molar-refractivity contribution >= 4 is 0 Å². The first-order valence-corrected chi connectivity index (χ1v) is 6.76. The van der Waals surface area contributed by atoms with Gasteiger partial charge >= 0.3 is 0 Å². The lowest BCUT2D eigenvalue weighted by molar-refractivity contribution is 0.0316. The van der Waals surface area contributed by atoms with Crippen LogP contribution in [0.2, 0.25) is 0 Å². The summed E-state index contributed by atoms with van der Waals surface area (Å²) in [6, 6.07) is 0.421. The van der Waals surface area contributed by atoms with Crippen LogP contribution in [0.15, 0.2) is 0 Å². The third-order valence-electron chi connectivity index (χ3n) is 3.85. The predicted molar refractivity (Wildman–Crippen MR) is 72.5 cm³/mol. The highest BCUT2D eigenvalue weighted by molar-refractivity contribution is 5.29. The van der Waals surface area contributed by atoms with Crippen molar-refractivity contribution in [3.05, 3.63) is 17.0 Å². The zero-order chi connectivity index (χ0) is 13.5. The molecule has 1 aromatic rings. The number of aromatic nitrogens is 2. The van der Waals surface area contributed by atoms with Crippen molar-refractivity contribution in [1.82, 2.24) is 14.7 Å². The summed E-state index contributed by atoms with van der Waals surface area (Å²) >= 11 is 0. The van der Waals surface area contributed by atoms with Crippen molar-refractivity contribution in [2.24, 2.45) is 7.05 Å². The summed E-state index contributed by atoms with van der Waals surface area (Å²) in [7, 11) is 2.00. The molecular weight excluding hydrogens is 226 g/mol. The molecule has 0 aromatic carbocycles. The van der Waals surface area contributed by atoms with Crippen molar-refractivity contribution < 1.29 is 5.11 Å². The molecule has 2 heterocycles. The maximum absolute atomic E-state index is 10.0. The molecule has 1 aromatic heterocycles. The second kappa shape index (κ2) is 4.67. The Bertz CT molecular complexity index is 431. The number of hydrogen-bond acceptors (Lipinski definition) is 3. The van der Waals surface area contributed by atoms with Crippen LogP contribution in [0.25, 0.3) is 0 Å². The number of β-amino-alcohol motifs (C(OH)–C–C–N with tert-alkyl or cyclic N) is 1. The first-order valence-electron chi connectivity index (χ1n) is 6.76. The zero-order valence-corrected chi connectivity index (χ0v) is 12.2. The van der Waals surface area contributed by atoms with Gasteiger partial charge in [-0.1, -0.05) is 0 Å². The standard InChI is InChI=1S/C14H25N3O/c1-10-13(11(2)16(5)15-10)12-7-6-8-17(12)9-14(3,4)18/h12,18H,6-9H2,1-5H3/t12-/m0/s1. The Labute approximate surface area is 110 Å². The summed E-state index contributed by atoms with van der Waals surface area (Å²) in [5, 5.41) is 14.5. The Morgan fingerprint density at radius 1 is 1.39 bits per heavy atom. The lowest BCUT2D eigenvalue weighted by Crippen LogP contribution is -2.38. The fourth-order valence-electron chi connectivity index (χ4n) is 3.11. The lowest BCUT2D eigenvalue weighted by atomic mass is 10.0. The molecule has 0 unspecified atom stereocenters. The molecule has 4 heteroatoms. The highest BCUT2D eigenvalue weighted by atomic mass is 16.3. The number of likely N-dealkylation sites (tertiary alicyclic amines) is 1. The van der Waals surface area contributed by atoms with E-state index < -0.39 is 5.60 Å². The number of aryl methyl sites for hydroxylation is 2. The fourth-order valence-corrected chi connectivity index (χ4v) is 3.11. The van der Waals surface area contributed by atoms with Gasteiger partial charge in [0.25, 0.3) is 0 Å². The Balaban J connectivity index is 2.26. The molecule has 0 amide bonds. The molecule has 0 spiro atoms. The molecule has 1 aliphatic heterocycles. The van der Waals surface area contributed by atoms with Crippen LogP contribution in [0.3, 0.4) is 0 Å². The van der Waals surface area contributed by atoms with E-state index >= 15 is 0 Å². The van der Waals surface area contributed by atoms with Crippen LogP contribution in [-0.4, -0.2) is 38.5 Å². The van der Waals surface area contributed by atoms with Gasteiger partial charge in [0.15, 0.2) is 0 Å². The first kappa shape index (κ1) is 13.6. The van der Waals surface area contributed by atoms with Gasteiger partial charge in [-0.05, 0) is 47.1 Å². The molecule has 102 valence electrons. The highest BCUT2D eigenvalue weighted by Gasteiger charge is 2.32. The largest absolute Gasteiger partial charge is 0.389 e. The van der Waals surface area contributed by atoms with E-state index in [9.17, 15) is 5.11 Å². The third kappa shape index (κ3) is 2.59. The molecule has 4 nitrogen and oxygen atoms in total. The van der Waals surface area contributed by atoms with E-state index in [0.717, 1.165) is 18.8 Å². The number of nitrogens with zero attached hydrogens (tertiary/aromatic N) is 3. The van der Waals surface area contributed by atoms with Crippen LogP contribution < -0.4 is 0 Å². The minimum absolute atomic E-state index is 0.421. The molecule has 0 radical (unpaired) electrons. The normalized spacial score (nSPS) is 21.8. The molecule has 1 saturated heterocycles. The second-order valence-corrected chi connectivity index (χ2v) is 6.15. The number of hydrogen-bond donors (Lipinski definition) is 1. The second-order valence-electron chi connectivity index (χ2n) is 6.15. The van der Waals surface area contributed by atoms with Crippen LogP contribution >= 0.6 is 0 Å². The van der Waals surface area contributed by atoms with Gasteiger partial charge in [-0.2, -0.15) is 5.10 Å². The number of rotatable bonds is 3. The van der Waals surface area contributed by atoms with E-state index in [-0.39, 0.29) is 0 Å². The van der Waals surface area contributed by atoms with Crippen molar-refractivity contribution in [3.63, 3.8) is 0 Å². The topological polar surface area (TPSA) is 41.3 Å². The van der Waals surface area contributed by atoms with E-state index in [2.05, 4.69) is 23.8 Å². The molecule has 1 N–H and O–H groups in total. The van der Waals surface area contributed by atoms with Gasteiger partial charge in [-0.25, -0.2) is 0 Å². The van der Waals surface area contributed by atoms with Gasteiger partial charge in [-0.3, -0.25) is 9.58 Å². The number of aliphatic hydroxyl groups is 1. The quantitative estimate of drug-likeness (QED) is 0.892. The molecule has 1 fully saturated rings. The summed E-state index contributed by atoms with van der Waals surface area (Å²) in [5.41, 5.74) is 3.11. The maximum Gasteiger partial charge on any atom is 0.0718 e. The minimum atomic E-state index is -0.632. The minimum Gasteiger partial charge on any atom is -0.389 e. The Kier molecular flexibility index (Phi) is 3.52. The van der Waals surface area contributed by atoms with Crippen molar-refractivity contribution in [2.75, 3.05) is 13.1 Å². The summed E-state index contributed by atoms with van der Waals surface area (Å²) < 4.78 is 1.96. The monoisotopic (exact) mass is 251 g/mol. The summed E-state index contributed by atoms with van der Waals surface area (Å²) in [5.74, 6) is 0. The zero-order valence-electron chi connectivity index (χ0n) is 12.2. The maximum atomic E-state index is 10.0. The van der Waals surface area contributed by atoms with E-state index in [1.165, 1.54) is 24.1 Å². The summed E-state index contributed by atoms with van der Waals surface area (Å²) in [4.78, 5) is 2.40. The van der Waals surface area contributed by atoms with Gasteiger partial charge in [0.05, 0.1) is 11.3 Å². The Morgan fingerprint density at radius 3 is 2.56 bits per heavy atom. The summed E-state index contributed by atoms with van der Waals surface area (Å²) in [6.45, 7) is 9.78. The Morgan fingerprint density at radius 2 is 2.06 bits per heavy atom. The molecule has 0 saturated carbocycles. The van der Waals surface area contributed by atoms with E-state index in [1.807, 2.05) is 25.6 Å². The first-order chi connectivity index (χ1) is 8.29. The van der Waals surface area contributed by atoms with Crippen LogP contribution in [0.1, 0.15) is 49.7 Å². The smallest absolute Gasteiger partial charge is 0.0718 e. The predicted octanol–water partition coefficient (Wildman–Crippen LogP) is 1.94. The molecular formula is C14H25N3O. The Hall–Kier alpha value is -0.870. The third-order valence-corrected chi connectivity index (χ3v) is 3.85. The molecule has 0 bridgehead atoms. The average Bonchev–Trinajstić information content (AvgIpc) is 2.72. The molecule has 18 heavy (non-hydrogen) atoms. The van der Waals surface area contributed by atoms with Gasteiger partial charge in [0.2, 0.25) is 0 Å². The fraction of sp³-hybridized carbons (Fsp3) is 0.786. The van der Waals surface area contributed by atoms with Crippen LogP contribution in [-0.2, 0) is 7.05 Å². The van der Waals surface area contributed by atoms with Crippen molar-refractivity contribution in [2.45, 2.75) is 52.2 Å². The molecule has 1 atom stereocenters. The van der Waals surface area contributed by atoms with Crippen molar-refractivity contribution in [3.8, 4) is 0 Å². The molecule has 2 rings (SSSR count). The van der Waals surface area contributed by atoms with Gasteiger partial charge in [0, 0.05) is 30.9 Å². The van der Waals surface area contributed by atoms with E-state index in [1.54, 1.807) is 0 Å².